The highest BCUT2D eigenvalue weighted by Crippen LogP contribution is 2.07. The number of ether oxygens (including phenoxy) is 2. The van der Waals surface area contributed by atoms with E-state index in [1.54, 1.807) is 0 Å². The molecule has 0 heterocycles. The molecular formula is C12H26O6. The Balaban J connectivity index is 3.49. The molecule has 0 aromatic rings. The smallest absolute Gasteiger partial charge is 0.0700 e. The average molecular weight is 266 g/mol. The summed E-state index contributed by atoms with van der Waals surface area (Å²) in [5, 5.41) is 36.2. The Morgan fingerprint density at radius 2 is 1.44 bits per heavy atom. The minimum absolute atomic E-state index is 0.104. The quantitative estimate of drug-likeness (QED) is 0.338. The second-order valence-corrected chi connectivity index (χ2v) is 4.30. The SMILES string of the molecule is CCC(O)C(CO)COCCOCC(CO)CO. The molecule has 0 saturated carbocycles. The molecule has 110 valence electrons. The largest absolute Gasteiger partial charge is 0.396 e. The summed E-state index contributed by atoms with van der Waals surface area (Å²) in [6.07, 6.45) is 0.0313. The van der Waals surface area contributed by atoms with Crippen LogP contribution < -0.4 is 0 Å². The summed E-state index contributed by atoms with van der Waals surface area (Å²) in [5.74, 6) is -0.519. The number of hydrogen-bond acceptors (Lipinski definition) is 6. The Morgan fingerprint density at radius 3 is 1.89 bits per heavy atom. The maximum Gasteiger partial charge on any atom is 0.0700 e. The highest BCUT2D eigenvalue weighted by molar-refractivity contribution is 4.65. The van der Waals surface area contributed by atoms with Crippen LogP contribution >= 0.6 is 0 Å². The van der Waals surface area contributed by atoms with Gasteiger partial charge in [-0.25, -0.2) is 0 Å². The lowest BCUT2D eigenvalue weighted by Crippen LogP contribution is -2.28. The molecule has 0 bridgehead atoms. The number of aliphatic hydroxyl groups is 4. The third-order valence-electron chi connectivity index (χ3n) is 2.77. The summed E-state index contributed by atoms with van der Waals surface area (Å²) in [7, 11) is 0. The zero-order valence-corrected chi connectivity index (χ0v) is 11.0. The van der Waals surface area contributed by atoms with Crippen molar-refractivity contribution < 1.29 is 29.9 Å². The first kappa shape index (κ1) is 17.8. The van der Waals surface area contributed by atoms with Crippen LogP contribution in [-0.4, -0.2) is 72.8 Å². The van der Waals surface area contributed by atoms with Gasteiger partial charge in [0.1, 0.15) is 0 Å². The molecule has 6 nitrogen and oxygen atoms in total. The van der Waals surface area contributed by atoms with E-state index < -0.39 is 6.10 Å². The fourth-order valence-corrected chi connectivity index (χ4v) is 1.38. The lowest BCUT2D eigenvalue weighted by Gasteiger charge is -2.19. The molecule has 0 aliphatic carbocycles. The van der Waals surface area contributed by atoms with Crippen LogP contribution in [0.1, 0.15) is 13.3 Å². The van der Waals surface area contributed by atoms with Crippen molar-refractivity contribution >= 4 is 0 Å². The van der Waals surface area contributed by atoms with Crippen molar-refractivity contribution in [3.8, 4) is 0 Å². The molecule has 0 aromatic heterocycles. The van der Waals surface area contributed by atoms with E-state index in [2.05, 4.69) is 0 Å². The van der Waals surface area contributed by atoms with Gasteiger partial charge in [0.05, 0.1) is 52.4 Å². The van der Waals surface area contributed by atoms with Gasteiger partial charge < -0.3 is 29.9 Å². The molecule has 6 heteroatoms. The molecule has 0 rings (SSSR count). The van der Waals surface area contributed by atoms with Crippen LogP contribution in [0.4, 0.5) is 0 Å². The Bertz CT molecular complexity index is 174. The van der Waals surface area contributed by atoms with E-state index in [-0.39, 0.29) is 44.9 Å². The minimum atomic E-state index is -0.552. The Kier molecular flexibility index (Phi) is 11.7. The lowest BCUT2D eigenvalue weighted by atomic mass is 10.0. The van der Waals surface area contributed by atoms with Crippen LogP contribution in [0.5, 0.6) is 0 Å². The molecule has 18 heavy (non-hydrogen) atoms. The van der Waals surface area contributed by atoms with Crippen molar-refractivity contribution in [2.75, 3.05) is 46.2 Å². The van der Waals surface area contributed by atoms with Gasteiger partial charge in [0.15, 0.2) is 0 Å². The first-order chi connectivity index (χ1) is 8.69. The predicted molar refractivity (Wildman–Crippen MR) is 66.2 cm³/mol. The van der Waals surface area contributed by atoms with Crippen molar-refractivity contribution in [2.45, 2.75) is 19.4 Å². The van der Waals surface area contributed by atoms with Crippen molar-refractivity contribution in [3.63, 3.8) is 0 Å². The van der Waals surface area contributed by atoms with E-state index in [1.165, 1.54) is 0 Å². The predicted octanol–water partition coefficient (Wildman–Crippen LogP) is -1.00. The van der Waals surface area contributed by atoms with E-state index in [0.29, 0.717) is 19.6 Å². The fraction of sp³-hybridized carbons (Fsp3) is 1.00. The zero-order chi connectivity index (χ0) is 13.8. The van der Waals surface area contributed by atoms with Crippen LogP contribution in [0.2, 0.25) is 0 Å². The van der Waals surface area contributed by atoms with Crippen LogP contribution in [0, 0.1) is 11.8 Å². The van der Waals surface area contributed by atoms with Crippen LogP contribution in [0.3, 0.4) is 0 Å². The minimum Gasteiger partial charge on any atom is -0.396 e. The highest BCUT2D eigenvalue weighted by Gasteiger charge is 2.16. The molecule has 2 atom stereocenters. The second kappa shape index (κ2) is 11.8. The topological polar surface area (TPSA) is 99.4 Å². The molecular weight excluding hydrogens is 240 g/mol. The van der Waals surface area contributed by atoms with Crippen LogP contribution in [0.15, 0.2) is 0 Å². The number of aliphatic hydroxyl groups excluding tert-OH is 4. The van der Waals surface area contributed by atoms with Crippen molar-refractivity contribution in [1.82, 2.24) is 0 Å². The van der Waals surface area contributed by atoms with Crippen molar-refractivity contribution in [2.24, 2.45) is 11.8 Å². The summed E-state index contributed by atoms with van der Waals surface area (Å²) in [6.45, 7) is 2.83. The standard InChI is InChI=1S/C12H26O6/c1-2-12(16)11(7-15)9-18-4-3-17-8-10(5-13)6-14/h10-16H,2-9H2,1H3. The monoisotopic (exact) mass is 266 g/mol. The zero-order valence-electron chi connectivity index (χ0n) is 11.0. The maximum atomic E-state index is 9.53. The molecule has 0 radical (unpaired) electrons. The summed E-state index contributed by atoms with van der Waals surface area (Å²) in [4.78, 5) is 0. The summed E-state index contributed by atoms with van der Waals surface area (Å²) in [6, 6.07) is 0. The third kappa shape index (κ3) is 7.97. The van der Waals surface area contributed by atoms with E-state index in [0.717, 1.165) is 0 Å². The van der Waals surface area contributed by atoms with E-state index >= 15 is 0 Å². The molecule has 4 N–H and O–H groups in total. The first-order valence-corrected chi connectivity index (χ1v) is 6.35. The van der Waals surface area contributed by atoms with Gasteiger partial charge in [-0.15, -0.1) is 0 Å². The van der Waals surface area contributed by atoms with E-state index in [9.17, 15) is 5.11 Å². The van der Waals surface area contributed by atoms with Gasteiger partial charge in [-0.1, -0.05) is 6.92 Å². The number of rotatable bonds is 12. The summed E-state index contributed by atoms with van der Waals surface area (Å²) >= 11 is 0. The van der Waals surface area contributed by atoms with Gasteiger partial charge in [0.2, 0.25) is 0 Å². The normalized spacial score (nSPS) is 15.0. The van der Waals surface area contributed by atoms with E-state index in [1.807, 2.05) is 6.92 Å². The van der Waals surface area contributed by atoms with Gasteiger partial charge >= 0.3 is 0 Å². The molecule has 0 aliphatic heterocycles. The average Bonchev–Trinajstić information content (AvgIpc) is 2.41. The number of hydrogen-bond donors (Lipinski definition) is 4. The Hall–Kier alpha value is -0.240. The van der Waals surface area contributed by atoms with Gasteiger partial charge in [0, 0.05) is 11.8 Å². The van der Waals surface area contributed by atoms with Gasteiger partial charge in [-0.3, -0.25) is 0 Å². The first-order valence-electron chi connectivity index (χ1n) is 6.35. The molecule has 0 aliphatic rings. The summed E-state index contributed by atoms with van der Waals surface area (Å²) in [5.41, 5.74) is 0. The molecule has 0 fully saturated rings. The van der Waals surface area contributed by atoms with E-state index in [4.69, 9.17) is 24.8 Å². The van der Waals surface area contributed by atoms with Gasteiger partial charge in [-0.2, -0.15) is 0 Å². The highest BCUT2D eigenvalue weighted by atomic mass is 16.5. The Morgan fingerprint density at radius 1 is 0.889 bits per heavy atom. The molecule has 0 saturated heterocycles. The fourth-order valence-electron chi connectivity index (χ4n) is 1.38. The summed E-state index contributed by atoms with van der Waals surface area (Å²) < 4.78 is 10.5. The molecule has 0 spiro atoms. The van der Waals surface area contributed by atoms with Gasteiger partial charge in [0.25, 0.3) is 0 Å². The van der Waals surface area contributed by atoms with Crippen molar-refractivity contribution in [3.05, 3.63) is 0 Å². The molecule has 2 unspecified atom stereocenters. The maximum absolute atomic E-state index is 9.53. The Labute approximate surface area is 108 Å². The van der Waals surface area contributed by atoms with Gasteiger partial charge in [-0.05, 0) is 6.42 Å². The molecule has 0 amide bonds. The second-order valence-electron chi connectivity index (χ2n) is 4.30. The van der Waals surface area contributed by atoms with Crippen LogP contribution in [-0.2, 0) is 9.47 Å². The molecule has 0 aromatic carbocycles. The lowest BCUT2D eigenvalue weighted by molar-refractivity contribution is -0.0265. The van der Waals surface area contributed by atoms with Crippen molar-refractivity contribution in [1.29, 1.82) is 0 Å². The van der Waals surface area contributed by atoms with Crippen LogP contribution in [0.25, 0.3) is 0 Å². The third-order valence-corrected chi connectivity index (χ3v) is 2.77.